The molecule has 8 nitrogen and oxygen atoms in total. The molecule has 1 aliphatic rings. The number of urea groups is 1. The van der Waals surface area contributed by atoms with Gasteiger partial charge in [0.15, 0.2) is 0 Å². The van der Waals surface area contributed by atoms with Crippen molar-refractivity contribution in [3.8, 4) is 0 Å². The van der Waals surface area contributed by atoms with Gasteiger partial charge < -0.3 is 5.32 Å². The molecule has 0 saturated carbocycles. The molecule has 1 heterocycles. The van der Waals surface area contributed by atoms with E-state index in [4.69, 9.17) is 11.6 Å². The van der Waals surface area contributed by atoms with Gasteiger partial charge in [0.25, 0.3) is 0 Å². The summed E-state index contributed by atoms with van der Waals surface area (Å²) in [7, 11) is -4.18. The van der Waals surface area contributed by atoms with Gasteiger partial charge in [0.2, 0.25) is 15.9 Å². The Morgan fingerprint density at radius 1 is 1.12 bits per heavy atom. The summed E-state index contributed by atoms with van der Waals surface area (Å²) in [5.41, 5.74) is -1.22. The van der Waals surface area contributed by atoms with E-state index in [1.54, 1.807) is 11.8 Å². The van der Waals surface area contributed by atoms with Crippen molar-refractivity contribution in [2.24, 2.45) is 5.92 Å². The van der Waals surface area contributed by atoms with Crippen LogP contribution in [0.4, 0.5) is 18.0 Å². The fraction of sp³-hybridized carbons (Fsp3) is 0.579. The molecule has 3 amide bonds. The van der Waals surface area contributed by atoms with Crippen LogP contribution in [0.2, 0.25) is 5.02 Å². The molecule has 0 aliphatic carbocycles. The summed E-state index contributed by atoms with van der Waals surface area (Å²) in [5.74, 6) is -0.314. The molecular formula is C19H26ClF3N4O4S. The van der Waals surface area contributed by atoms with Crippen LogP contribution in [-0.4, -0.2) is 68.3 Å². The standard InChI is InChI=1S/C19H26ClF3N4O4S/c1-12(2)11-24-18(29)25-17(28)13(3)26-6-8-27(9-7-26)32(30,31)14-4-5-16(20)15(10-14)19(21,22)23/h4-5,10,12-13H,6-9,11H2,1-3H3,(H2,24,25,28,29). The number of carbonyl (C=O) groups excluding carboxylic acids is 2. The van der Waals surface area contributed by atoms with Crippen molar-refractivity contribution in [1.82, 2.24) is 19.8 Å². The summed E-state index contributed by atoms with van der Waals surface area (Å²) >= 11 is 5.57. The smallest absolute Gasteiger partial charge is 0.338 e. The molecule has 1 fully saturated rings. The maximum absolute atomic E-state index is 13.1. The third-order valence-corrected chi connectivity index (χ3v) is 7.21. The van der Waals surface area contributed by atoms with Crippen LogP contribution >= 0.6 is 11.6 Å². The molecular weight excluding hydrogens is 473 g/mol. The van der Waals surface area contributed by atoms with E-state index < -0.39 is 49.7 Å². The minimum Gasteiger partial charge on any atom is -0.338 e. The van der Waals surface area contributed by atoms with Crippen molar-refractivity contribution >= 4 is 33.6 Å². The molecule has 0 aromatic heterocycles. The van der Waals surface area contributed by atoms with Crippen LogP contribution in [-0.2, 0) is 21.0 Å². The number of hydrogen-bond acceptors (Lipinski definition) is 5. The minimum absolute atomic E-state index is 0.0243. The van der Waals surface area contributed by atoms with Gasteiger partial charge in [0, 0.05) is 32.7 Å². The number of imide groups is 1. The number of carbonyl (C=O) groups is 2. The van der Waals surface area contributed by atoms with Gasteiger partial charge in [-0.1, -0.05) is 25.4 Å². The van der Waals surface area contributed by atoms with Crippen molar-refractivity contribution in [2.75, 3.05) is 32.7 Å². The van der Waals surface area contributed by atoms with Gasteiger partial charge in [-0.05, 0) is 31.0 Å². The highest BCUT2D eigenvalue weighted by Crippen LogP contribution is 2.36. The quantitative estimate of drug-likeness (QED) is 0.628. The van der Waals surface area contributed by atoms with Gasteiger partial charge in [-0.15, -0.1) is 0 Å². The van der Waals surface area contributed by atoms with E-state index in [0.29, 0.717) is 12.6 Å². The SMILES string of the molecule is CC(C)CNC(=O)NC(=O)C(C)N1CCN(S(=O)(=O)c2ccc(Cl)c(C(F)(F)F)c2)CC1. The molecule has 0 spiro atoms. The van der Waals surface area contributed by atoms with E-state index in [-0.39, 0.29) is 32.1 Å². The van der Waals surface area contributed by atoms with Crippen LogP contribution < -0.4 is 10.6 Å². The number of hydrogen-bond donors (Lipinski definition) is 2. The largest absolute Gasteiger partial charge is 0.417 e. The third kappa shape index (κ3) is 6.56. The summed E-state index contributed by atoms with van der Waals surface area (Å²) in [6.45, 7) is 6.10. The summed E-state index contributed by atoms with van der Waals surface area (Å²) < 4.78 is 66.0. The zero-order valence-corrected chi connectivity index (χ0v) is 19.4. The van der Waals surface area contributed by atoms with Crippen LogP contribution in [0.1, 0.15) is 26.3 Å². The van der Waals surface area contributed by atoms with Gasteiger partial charge in [-0.2, -0.15) is 17.5 Å². The lowest BCUT2D eigenvalue weighted by Crippen LogP contribution is -2.56. The Labute approximate surface area is 190 Å². The number of halogens is 4. The van der Waals surface area contributed by atoms with E-state index >= 15 is 0 Å². The van der Waals surface area contributed by atoms with Crippen molar-refractivity contribution in [1.29, 1.82) is 0 Å². The van der Waals surface area contributed by atoms with Gasteiger partial charge >= 0.3 is 12.2 Å². The Kier molecular flexibility index (Phi) is 8.54. The van der Waals surface area contributed by atoms with E-state index in [2.05, 4.69) is 10.6 Å². The number of piperazine rings is 1. The van der Waals surface area contributed by atoms with Crippen LogP contribution in [0.15, 0.2) is 23.1 Å². The Balaban J connectivity index is 2.01. The first kappa shape index (κ1) is 26.4. The molecule has 1 aliphatic heterocycles. The second-order valence-electron chi connectivity index (χ2n) is 7.85. The molecule has 0 bridgehead atoms. The molecule has 32 heavy (non-hydrogen) atoms. The number of benzene rings is 1. The molecule has 180 valence electrons. The molecule has 13 heteroatoms. The number of nitrogens with one attached hydrogen (secondary N) is 2. The van der Waals surface area contributed by atoms with Gasteiger partial charge in [0.1, 0.15) is 0 Å². The Morgan fingerprint density at radius 2 is 1.72 bits per heavy atom. The highest BCUT2D eigenvalue weighted by atomic mass is 35.5. The average Bonchev–Trinajstić information content (AvgIpc) is 2.71. The van der Waals surface area contributed by atoms with Gasteiger partial charge in [-0.25, -0.2) is 13.2 Å². The van der Waals surface area contributed by atoms with Crippen molar-refractivity contribution in [3.05, 3.63) is 28.8 Å². The lowest BCUT2D eigenvalue weighted by molar-refractivity contribution is -0.137. The predicted molar refractivity (Wildman–Crippen MR) is 113 cm³/mol. The number of sulfonamides is 1. The molecule has 2 N–H and O–H groups in total. The summed E-state index contributed by atoms with van der Waals surface area (Å²) in [4.78, 5) is 25.3. The first-order valence-corrected chi connectivity index (χ1v) is 11.7. The molecule has 1 atom stereocenters. The number of nitrogens with zero attached hydrogens (tertiary/aromatic N) is 2. The highest BCUT2D eigenvalue weighted by molar-refractivity contribution is 7.89. The second-order valence-corrected chi connectivity index (χ2v) is 10.2. The fourth-order valence-electron chi connectivity index (χ4n) is 3.09. The number of amides is 3. The maximum Gasteiger partial charge on any atom is 0.417 e. The van der Waals surface area contributed by atoms with E-state index in [9.17, 15) is 31.2 Å². The predicted octanol–water partition coefficient (Wildman–Crippen LogP) is 2.54. The Morgan fingerprint density at radius 3 is 2.25 bits per heavy atom. The molecule has 1 unspecified atom stereocenters. The van der Waals surface area contributed by atoms with E-state index in [1.807, 2.05) is 13.8 Å². The van der Waals surface area contributed by atoms with Gasteiger partial charge in [0.05, 0.1) is 21.5 Å². The Bertz CT molecular complexity index is 948. The maximum atomic E-state index is 13.1. The molecule has 0 radical (unpaired) electrons. The topological polar surface area (TPSA) is 98.8 Å². The Hall–Kier alpha value is -1.89. The van der Waals surface area contributed by atoms with Crippen molar-refractivity contribution < 1.29 is 31.2 Å². The third-order valence-electron chi connectivity index (χ3n) is 4.99. The molecule has 2 rings (SSSR count). The first-order valence-electron chi connectivity index (χ1n) is 9.93. The zero-order valence-electron chi connectivity index (χ0n) is 17.9. The number of alkyl halides is 3. The first-order chi connectivity index (χ1) is 14.7. The van der Waals surface area contributed by atoms with Crippen LogP contribution in [0.5, 0.6) is 0 Å². The van der Waals surface area contributed by atoms with Crippen molar-refractivity contribution in [3.63, 3.8) is 0 Å². The average molecular weight is 499 g/mol. The summed E-state index contributed by atoms with van der Waals surface area (Å²) in [5, 5.41) is 4.23. The zero-order chi connectivity index (χ0) is 24.3. The molecule has 1 saturated heterocycles. The van der Waals surface area contributed by atoms with Crippen LogP contribution in [0.3, 0.4) is 0 Å². The summed E-state index contributed by atoms with van der Waals surface area (Å²) in [6, 6.07) is 1.16. The normalized spacial score (nSPS) is 17.2. The van der Waals surface area contributed by atoms with Crippen LogP contribution in [0, 0.1) is 5.92 Å². The lowest BCUT2D eigenvalue weighted by atomic mass is 10.2. The minimum atomic E-state index is -4.79. The lowest BCUT2D eigenvalue weighted by Gasteiger charge is -2.36. The molecule has 1 aromatic rings. The van der Waals surface area contributed by atoms with Crippen LogP contribution in [0.25, 0.3) is 0 Å². The highest BCUT2D eigenvalue weighted by Gasteiger charge is 2.37. The fourth-order valence-corrected chi connectivity index (χ4v) is 4.76. The van der Waals surface area contributed by atoms with E-state index in [0.717, 1.165) is 16.4 Å². The van der Waals surface area contributed by atoms with Crippen molar-refractivity contribution in [2.45, 2.75) is 37.9 Å². The second kappa shape index (κ2) is 10.4. The molecule has 1 aromatic carbocycles. The van der Waals surface area contributed by atoms with E-state index in [1.165, 1.54) is 0 Å². The monoisotopic (exact) mass is 498 g/mol. The number of rotatable bonds is 6. The summed E-state index contributed by atoms with van der Waals surface area (Å²) in [6.07, 6.45) is -4.79. The van der Waals surface area contributed by atoms with Gasteiger partial charge in [-0.3, -0.25) is 15.0 Å².